The predicted octanol–water partition coefficient (Wildman–Crippen LogP) is 7.35. The van der Waals surface area contributed by atoms with Crippen LogP contribution in [-0.4, -0.2) is 72.0 Å². The zero-order valence-corrected chi connectivity index (χ0v) is 34.7. The Morgan fingerprint density at radius 3 is 1.80 bits per heavy atom. The maximum atomic E-state index is 15.5. The van der Waals surface area contributed by atoms with Gasteiger partial charge in [0.2, 0.25) is 11.8 Å². The van der Waals surface area contributed by atoms with Crippen LogP contribution < -0.4 is 15.8 Å². The molecule has 12 nitrogen and oxygen atoms in total. The molecule has 0 bridgehead atoms. The molecule has 308 valence electrons. The summed E-state index contributed by atoms with van der Waals surface area (Å²) in [7, 11) is -1.21. The first-order valence-corrected chi connectivity index (χ1v) is 21.3. The van der Waals surface area contributed by atoms with E-state index in [4.69, 9.17) is 19.5 Å². The number of imide groups is 1. The summed E-state index contributed by atoms with van der Waals surface area (Å²) in [6, 6.07) is 34.1. The average Bonchev–Trinajstić information content (AvgIpc) is 3.25. The van der Waals surface area contributed by atoms with E-state index in [2.05, 4.69) is 5.32 Å². The highest BCUT2D eigenvalue weighted by Gasteiger charge is 2.42. The molecule has 0 radical (unpaired) electrons. The van der Waals surface area contributed by atoms with Gasteiger partial charge in [0.15, 0.2) is 0 Å². The van der Waals surface area contributed by atoms with E-state index in [0.717, 1.165) is 27.0 Å². The van der Waals surface area contributed by atoms with E-state index in [0.29, 0.717) is 22.3 Å². The molecule has 0 fully saturated rings. The number of carbonyl (C=O) groups is 4. The van der Waals surface area contributed by atoms with Crippen LogP contribution in [0, 0.1) is 5.92 Å². The molecule has 1 unspecified atom stereocenters. The number of ether oxygens (including phenoxy) is 1. The molecule has 1 aliphatic rings. The number of likely N-dealkylation sites (N-methyl/N-ethyl adjacent to an activating group) is 1. The molecule has 0 aromatic heterocycles. The first-order valence-electron chi connectivity index (χ1n) is 19.7. The van der Waals surface area contributed by atoms with Gasteiger partial charge in [-0.3, -0.25) is 34.0 Å². The summed E-state index contributed by atoms with van der Waals surface area (Å²) in [5.41, 5.74) is 8.93. The van der Waals surface area contributed by atoms with Crippen molar-refractivity contribution >= 4 is 42.0 Å². The predicted molar refractivity (Wildman–Crippen MR) is 227 cm³/mol. The summed E-state index contributed by atoms with van der Waals surface area (Å²) >= 11 is 0. The fourth-order valence-corrected chi connectivity index (χ4v) is 9.21. The van der Waals surface area contributed by atoms with E-state index in [1.165, 1.54) is 11.9 Å². The quantitative estimate of drug-likeness (QED) is 0.0606. The molecule has 59 heavy (non-hydrogen) atoms. The molecular formula is C46H51N4O8P. The normalized spacial score (nSPS) is 14.3. The first kappa shape index (κ1) is 42.9. The third-order valence-electron chi connectivity index (χ3n) is 10.5. The molecule has 3 N–H and O–H groups in total. The minimum atomic E-state index is -4.29. The van der Waals surface area contributed by atoms with E-state index >= 15 is 4.57 Å². The fourth-order valence-electron chi connectivity index (χ4n) is 7.32. The minimum Gasteiger partial charge on any atom is -0.497 e. The number of primary amides is 1. The average molecular weight is 819 g/mol. The van der Waals surface area contributed by atoms with Crippen molar-refractivity contribution in [1.29, 1.82) is 0 Å². The topological polar surface area (TPSA) is 158 Å². The van der Waals surface area contributed by atoms with Crippen molar-refractivity contribution in [2.45, 2.75) is 64.2 Å². The summed E-state index contributed by atoms with van der Waals surface area (Å²) < 4.78 is 33.4. The molecule has 0 aliphatic carbocycles. The van der Waals surface area contributed by atoms with E-state index < -0.39 is 49.1 Å². The van der Waals surface area contributed by atoms with E-state index in [1.807, 2.05) is 86.6 Å². The van der Waals surface area contributed by atoms with Crippen molar-refractivity contribution in [3.8, 4) is 5.75 Å². The molecule has 0 saturated carbocycles. The van der Waals surface area contributed by atoms with Crippen LogP contribution in [-0.2, 0) is 42.8 Å². The number of nitrogens with two attached hydrogens (primary N) is 1. The Balaban J connectivity index is 1.35. The van der Waals surface area contributed by atoms with Gasteiger partial charge in [0.1, 0.15) is 17.6 Å². The summed E-state index contributed by atoms with van der Waals surface area (Å²) in [4.78, 5) is 58.1. The summed E-state index contributed by atoms with van der Waals surface area (Å²) in [6.45, 7) is 3.54. The second-order valence-corrected chi connectivity index (χ2v) is 17.3. The molecule has 1 aliphatic heterocycles. The van der Waals surface area contributed by atoms with Gasteiger partial charge < -0.3 is 24.4 Å². The van der Waals surface area contributed by atoms with Crippen molar-refractivity contribution in [3.63, 3.8) is 0 Å². The lowest BCUT2D eigenvalue weighted by molar-refractivity contribution is -0.139. The second kappa shape index (κ2) is 19.4. The molecule has 13 heteroatoms. The van der Waals surface area contributed by atoms with Gasteiger partial charge >= 0.3 is 7.60 Å². The van der Waals surface area contributed by atoms with Gasteiger partial charge in [-0.25, -0.2) is 0 Å². The van der Waals surface area contributed by atoms with Crippen LogP contribution in [0.3, 0.4) is 0 Å². The second-order valence-electron chi connectivity index (χ2n) is 15.1. The lowest BCUT2D eigenvalue weighted by Gasteiger charge is -2.36. The number of hydrogen-bond acceptors (Lipinski definition) is 9. The van der Waals surface area contributed by atoms with Gasteiger partial charge in [-0.05, 0) is 65.1 Å². The van der Waals surface area contributed by atoms with Crippen molar-refractivity contribution in [3.05, 3.63) is 149 Å². The van der Waals surface area contributed by atoms with Gasteiger partial charge in [0, 0.05) is 36.5 Å². The Kier molecular flexibility index (Phi) is 14.1. The van der Waals surface area contributed by atoms with E-state index in [-0.39, 0.29) is 44.9 Å². The Bertz CT molecular complexity index is 2210. The Morgan fingerprint density at radius 1 is 0.763 bits per heavy atom. The molecular weight excluding hydrogens is 768 g/mol. The van der Waals surface area contributed by atoms with Crippen molar-refractivity contribution in [1.82, 2.24) is 15.1 Å². The number of carbonyl (C=O) groups excluding carboxylic acids is 4. The minimum absolute atomic E-state index is 0.0452. The van der Waals surface area contributed by atoms with Crippen molar-refractivity contribution in [2.24, 2.45) is 11.7 Å². The number of benzene rings is 5. The molecule has 1 heterocycles. The Labute approximate surface area is 345 Å². The molecule has 3 atom stereocenters. The summed E-state index contributed by atoms with van der Waals surface area (Å²) in [5.74, 6) is -2.75. The maximum Gasteiger partial charge on any atom is 0.348 e. The van der Waals surface area contributed by atoms with Crippen molar-refractivity contribution < 1.29 is 37.5 Å². The summed E-state index contributed by atoms with van der Waals surface area (Å²) in [5, 5.41) is 4.70. The fraction of sp³-hybridized carbons (Fsp3) is 0.304. The highest BCUT2D eigenvalue weighted by atomic mass is 31.2. The summed E-state index contributed by atoms with van der Waals surface area (Å²) in [6.07, 6.45) is 0.306. The lowest BCUT2D eigenvalue weighted by Crippen LogP contribution is -2.55. The van der Waals surface area contributed by atoms with Gasteiger partial charge in [-0.1, -0.05) is 111 Å². The lowest BCUT2D eigenvalue weighted by atomic mass is 9.94. The van der Waals surface area contributed by atoms with Crippen LogP contribution in [0.4, 0.5) is 0 Å². The van der Waals surface area contributed by atoms with Crippen LogP contribution in [0.2, 0.25) is 0 Å². The van der Waals surface area contributed by atoms with Crippen LogP contribution in [0.5, 0.6) is 5.75 Å². The Morgan fingerprint density at radius 2 is 1.31 bits per heavy atom. The molecule has 5 aromatic carbocycles. The van der Waals surface area contributed by atoms with Crippen LogP contribution in [0.15, 0.2) is 121 Å². The Hall–Kier alpha value is -5.65. The number of rotatable bonds is 20. The molecule has 6 rings (SSSR count). The van der Waals surface area contributed by atoms with Crippen LogP contribution in [0.25, 0.3) is 10.8 Å². The van der Waals surface area contributed by atoms with Crippen molar-refractivity contribution in [2.75, 3.05) is 20.7 Å². The monoisotopic (exact) mass is 818 g/mol. The number of nitrogens with one attached hydrogen (secondary N) is 1. The number of amides is 4. The third kappa shape index (κ3) is 10.3. The number of hydrogen-bond donors (Lipinski definition) is 2. The van der Waals surface area contributed by atoms with Crippen LogP contribution in [0.1, 0.15) is 64.1 Å². The van der Waals surface area contributed by atoms with E-state index in [9.17, 15) is 19.2 Å². The standard InChI is InChI=1S/C46H51N4O8P/c1-31(2)27-39(46(54)49(3)40(43(47)51)28-32-21-23-36(56-4)24-22-32)48-41(25-26-50-44(52)37-19-11-17-35-18-12-20-38(42(35)37)45(50)53)59(55,57-29-33-13-7-5-8-14-33)58-30-34-15-9-6-10-16-34/h5-24,31,39-41,48H,25-30H2,1-4H3,(H2,47,51)/t39?,40-,41-/m0/s1. The van der Waals surface area contributed by atoms with Gasteiger partial charge in [-0.15, -0.1) is 0 Å². The molecule has 5 aromatic rings. The largest absolute Gasteiger partial charge is 0.497 e. The first-order chi connectivity index (χ1) is 28.4. The van der Waals surface area contributed by atoms with E-state index in [1.54, 1.807) is 55.6 Å². The zero-order valence-electron chi connectivity index (χ0n) is 33.8. The van der Waals surface area contributed by atoms with Crippen LogP contribution >= 0.6 is 7.60 Å². The third-order valence-corrected chi connectivity index (χ3v) is 12.7. The SMILES string of the molecule is COc1ccc(C[C@@H](C(N)=O)N(C)C(=O)C(CC(C)C)N[C@H](CCN2C(=O)c3cccc4cccc(c34)C2=O)P(=O)(OCc2ccccc2)OCc2ccccc2)cc1. The smallest absolute Gasteiger partial charge is 0.348 e. The van der Waals surface area contributed by atoms with Gasteiger partial charge in [0.05, 0.1) is 26.4 Å². The molecule has 0 spiro atoms. The molecule has 0 saturated heterocycles. The molecule has 4 amide bonds. The highest BCUT2D eigenvalue weighted by Crippen LogP contribution is 2.55. The number of nitrogens with zero attached hydrogens (tertiary/aromatic N) is 2. The highest BCUT2D eigenvalue weighted by molar-refractivity contribution is 7.54. The van der Waals surface area contributed by atoms with Gasteiger partial charge in [-0.2, -0.15) is 0 Å². The zero-order chi connectivity index (χ0) is 42.1. The number of methoxy groups -OCH3 is 1. The maximum absolute atomic E-state index is 15.5. The van der Waals surface area contributed by atoms with Gasteiger partial charge in [0.25, 0.3) is 11.8 Å².